The van der Waals surface area contributed by atoms with Crippen LogP contribution in [0.15, 0.2) is 52.0 Å². The highest BCUT2D eigenvalue weighted by atomic mass is 32.2. The maximum atomic E-state index is 12.5. The van der Waals surface area contributed by atoms with Crippen molar-refractivity contribution in [2.24, 2.45) is 5.14 Å². The number of carbonyl (C=O) groups is 3. The molecule has 1 heterocycles. The van der Waals surface area contributed by atoms with Crippen molar-refractivity contribution in [3.8, 4) is 0 Å². The Bertz CT molecular complexity index is 953. The van der Waals surface area contributed by atoms with Crippen LogP contribution in [0.1, 0.15) is 17.5 Å². The van der Waals surface area contributed by atoms with E-state index in [9.17, 15) is 22.8 Å². The first-order valence-corrected chi connectivity index (χ1v) is 9.57. The highest BCUT2D eigenvalue weighted by Gasteiger charge is 2.23. The van der Waals surface area contributed by atoms with Crippen LogP contribution in [0.5, 0.6) is 0 Å². The number of hydrogen-bond donors (Lipinski definition) is 1. The van der Waals surface area contributed by atoms with Crippen molar-refractivity contribution in [1.82, 2.24) is 0 Å². The van der Waals surface area contributed by atoms with Gasteiger partial charge >= 0.3 is 11.9 Å². The number of rotatable bonds is 8. The van der Waals surface area contributed by atoms with E-state index in [2.05, 4.69) is 0 Å². The summed E-state index contributed by atoms with van der Waals surface area (Å²) in [4.78, 5) is 37.3. The van der Waals surface area contributed by atoms with Crippen LogP contribution in [0.25, 0.3) is 0 Å². The molecule has 0 saturated carbocycles. The number of benzene rings is 1. The van der Waals surface area contributed by atoms with Crippen LogP contribution in [0.2, 0.25) is 0 Å². The van der Waals surface area contributed by atoms with Crippen LogP contribution in [0.3, 0.4) is 0 Å². The first-order chi connectivity index (χ1) is 13.2. The smallest absolute Gasteiger partial charge is 0.374 e. The Balaban J connectivity index is 2.07. The number of ether oxygens (including phenoxy) is 2. The van der Waals surface area contributed by atoms with Gasteiger partial charge in [-0.15, -0.1) is 0 Å². The van der Waals surface area contributed by atoms with E-state index in [-0.39, 0.29) is 13.2 Å². The molecule has 0 spiro atoms. The Hall–Kier alpha value is -3.18. The maximum absolute atomic E-state index is 12.5. The molecule has 2 rings (SSSR count). The zero-order valence-corrected chi connectivity index (χ0v) is 15.7. The molecule has 11 heteroatoms. The van der Waals surface area contributed by atoms with E-state index < -0.39 is 45.3 Å². The molecule has 1 aromatic carbocycles. The number of esters is 2. The molecule has 2 aromatic rings. The minimum Gasteiger partial charge on any atom is -0.465 e. The van der Waals surface area contributed by atoms with Gasteiger partial charge in [-0.25, -0.2) is 18.4 Å². The normalized spacial score (nSPS) is 10.9. The van der Waals surface area contributed by atoms with Crippen molar-refractivity contribution in [2.45, 2.75) is 12.0 Å². The Morgan fingerprint density at radius 2 is 1.75 bits per heavy atom. The molecule has 10 nitrogen and oxygen atoms in total. The fourth-order valence-electron chi connectivity index (χ4n) is 2.13. The first kappa shape index (κ1) is 21.1. The van der Waals surface area contributed by atoms with Crippen molar-refractivity contribution >= 4 is 33.6 Å². The summed E-state index contributed by atoms with van der Waals surface area (Å²) in [5.41, 5.74) is 0.408. The average molecular weight is 410 g/mol. The minimum atomic E-state index is -4.12. The van der Waals surface area contributed by atoms with Gasteiger partial charge in [0.05, 0.1) is 6.61 Å². The van der Waals surface area contributed by atoms with Crippen molar-refractivity contribution in [1.29, 1.82) is 0 Å². The van der Waals surface area contributed by atoms with Crippen molar-refractivity contribution in [3.05, 3.63) is 48.2 Å². The van der Waals surface area contributed by atoms with Crippen LogP contribution in [0, 0.1) is 0 Å². The SMILES string of the molecule is CCOC(=O)CN(C(=O)COC(=O)c1ccc(S(N)(=O)=O)o1)c1ccccc1. The summed E-state index contributed by atoms with van der Waals surface area (Å²) in [7, 11) is -4.12. The number of primary sulfonamides is 1. The van der Waals surface area contributed by atoms with E-state index in [4.69, 9.17) is 19.0 Å². The number of nitrogens with zero attached hydrogens (tertiary/aromatic N) is 1. The molecule has 28 heavy (non-hydrogen) atoms. The summed E-state index contributed by atoms with van der Waals surface area (Å²) in [6.45, 7) is 0.701. The zero-order chi connectivity index (χ0) is 20.7. The molecule has 0 atom stereocenters. The van der Waals surface area contributed by atoms with Gasteiger partial charge in [0.25, 0.3) is 15.9 Å². The van der Waals surface area contributed by atoms with E-state index in [0.717, 1.165) is 17.0 Å². The molecule has 0 radical (unpaired) electrons. The van der Waals surface area contributed by atoms with Gasteiger partial charge < -0.3 is 13.9 Å². The first-order valence-electron chi connectivity index (χ1n) is 8.03. The van der Waals surface area contributed by atoms with Crippen LogP contribution < -0.4 is 10.0 Å². The summed E-state index contributed by atoms with van der Waals surface area (Å²) in [5.74, 6) is -2.82. The summed E-state index contributed by atoms with van der Waals surface area (Å²) in [5, 5.41) is 4.28. The second kappa shape index (κ2) is 9.15. The summed E-state index contributed by atoms with van der Waals surface area (Å²) in [6, 6.07) is 10.3. The fourth-order valence-corrected chi connectivity index (χ4v) is 2.59. The second-order valence-electron chi connectivity index (χ2n) is 5.36. The molecule has 0 fully saturated rings. The molecule has 0 unspecified atom stereocenters. The Kier molecular flexibility index (Phi) is 6.90. The standard InChI is InChI=1S/C17H18N2O8S/c1-2-25-15(21)10-19(12-6-4-3-5-7-12)14(20)11-26-17(22)13-8-9-16(27-13)28(18,23)24/h3-9H,2,10-11H2,1H3,(H2,18,23,24). The third kappa shape index (κ3) is 5.66. The van der Waals surface area contributed by atoms with Gasteiger partial charge in [-0.1, -0.05) is 18.2 Å². The van der Waals surface area contributed by atoms with E-state index >= 15 is 0 Å². The maximum Gasteiger partial charge on any atom is 0.374 e. The molecule has 0 aliphatic rings. The average Bonchev–Trinajstić information content (AvgIpc) is 3.15. The van der Waals surface area contributed by atoms with Gasteiger partial charge in [0.2, 0.25) is 10.9 Å². The lowest BCUT2D eigenvalue weighted by atomic mass is 10.3. The Morgan fingerprint density at radius 3 is 2.32 bits per heavy atom. The predicted molar refractivity (Wildman–Crippen MR) is 95.8 cm³/mol. The van der Waals surface area contributed by atoms with Crippen molar-refractivity contribution < 1.29 is 36.7 Å². The van der Waals surface area contributed by atoms with Gasteiger partial charge in [0.15, 0.2) is 6.61 Å². The van der Waals surface area contributed by atoms with Gasteiger partial charge in [-0.2, -0.15) is 0 Å². The third-order valence-electron chi connectivity index (χ3n) is 3.35. The number of nitrogens with two attached hydrogens (primary N) is 1. The second-order valence-corrected chi connectivity index (χ2v) is 6.85. The van der Waals surface area contributed by atoms with Gasteiger partial charge in [0.1, 0.15) is 6.54 Å². The molecule has 0 saturated heterocycles. The van der Waals surface area contributed by atoms with Gasteiger partial charge in [-0.3, -0.25) is 14.5 Å². The minimum absolute atomic E-state index is 0.148. The fraction of sp³-hybridized carbons (Fsp3) is 0.235. The summed E-state index contributed by atoms with van der Waals surface area (Å²) >= 11 is 0. The van der Waals surface area contributed by atoms with Crippen molar-refractivity contribution in [3.63, 3.8) is 0 Å². The number of hydrogen-bond acceptors (Lipinski definition) is 8. The van der Waals surface area contributed by atoms with Crippen LogP contribution in [0.4, 0.5) is 5.69 Å². The number of furan rings is 1. The van der Waals surface area contributed by atoms with Crippen LogP contribution in [-0.2, 0) is 29.1 Å². The molecular formula is C17H18N2O8S. The lowest BCUT2D eigenvalue weighted by Gasteiger charge is -2.21. The molecule has 1 aromatic heterocycles. The number of sulfonamides is 1. The molecular weight excluding hydrogens is 392 g/mol. The molecule has 2 N–H and O–H groups in total. The molecule has 0 bridgehead atoms. The van der Waals surface area contributed by atoms with E-state index in [1.807, 2.05) is 0 Å². The zero-order valence-electron chi connectivity index (χ0n) is 14.9. The predicted octanol–water partition coefficient (Wildman–Crippen LogP) is 0.680. The van der Waals surface area contributed by atoms with E-state index in [0.29, 0.717) is 5.69 Å². The van der Waals surface area contributed by atoms with Gasteiger partial charge in [0, 0.05) is 5.69 Å². The van der Waals surface area contributed by atoms with Gasteiger partial charge in [-0.05, 0) is 31.2 Å². The summed E-state index contributed by atoms with van der Waals surface area (Å²) < 4.78 is 36.8. The highest BCUT2D eigenvalue weighted by molar-refractivity contribution is 7.89. The Morgan fingerprint density at radius 1 is 1.07 bits per heavy atom. The highest BCUT2D eigenvalue weighted by Crippen LogP contribution is 2.15. The Labute approximate surface area is 160 Å². The lowest BCUT2D eigenvalue weighted by molar-refractivity contribution is -0.142. The summed E-state index contributed by atoms with van der Waals surface area (Å²) in [6.07, 6.45) is 0. The third-order valence-corrected chi connectivity index (χ3v) is 4.13. The monoisotopic (exact) mass is 410 g/mol. The van der Waals surface area contributed by atoms with E-state index in [1.165, 1.54) is 0 Å². The molecule has 0 aliphatic heterocycles. The number of amides is 1. The largest absolute Gasteiger partial charge is 0.465 e. The number of para-hydroxylation sites is 1. The molecule has 0 aliphatic carbocycles. The van der Waals surface area contributed by atoms with E-state index in [1.54, 1.807) is 37.3 Å². The number of anilines is 1. The quantitative estimate of drug-likeness (QED) is 0.625. The lowest BCUT2D eigenvalue weighted by Crippen LogP contribution is -2.39. The topological polar surface area (TPSA) is 146 Å². The van der Waals surface area contributed by atoms with Crippen molar-refractivity contribution in [2.75, 3.05) is 24.7 Å². The molecule has 1 amide bonds. The van der Waals surface area contributed by atoms with Crippen LogP contribution >= 0.6 is 0 Å². The molecule has 150 valence electrons. The number of carbonyl (C=O) groups excluding carboxylic acids is 3. The van der Waals surface area contributed by atoms with Crippen LogP contribution in [-0.4, -0.2) is 46.0 Å².